The molecule has 1 amide bonds. The molecule has 0 saturated heterocycles. The topological polar surface area (TPSA) is 76.1 Å². The van der Waals surface area contributed by atoms with Gasteiger partial charge in [-0.25, -0.2) is 4.98 Å². The lowest BCUT2D eigenvalue weighted by Gasteiger charge is -2.16. The van der Waals surface area contributed by atoms with Gasteiger partial charge < -0.3 is 15.4 Å². The molecule has 152 valence electrons. The number of amides is 1. The molecule has 0 aliphatic carbocycles. The lowest BCUT2D eigenvalue weighted by molar-refractivity contribution is 0.0929. The second-order valence-electron chi connectivity index (χ2n) is 7.07. The van der Waals surface area contributed by atoms with Crippen LogP contribution in [0.15, 0.2) is 24.3 Å². The summed E-state index contributed by atoms with van der Waals surface area (Å²) >= 11 is 0. The fourth-order valence-electron chi connectivity index (χ4n) is 2.72. The van der Waals surface area contributed by atoms with Gasteiger partial charge in [-0.2, -0.15) is 13.8 Å². The summed E-state index contributed by atoms with van der Waals surface area (Å²) in [5.74, 6) is -1.10. The third-order valence-electron chi connectivity index (χ3n) is 4.12. The molecule has 2 rings (SSSR count). The highest BCUT2D eigenvalue weighted by Crippen LogP contribution is 2.22. The van der Waals surface area contributed by atoms with Crippen LogP contribution in [0.25, 0.3) is 0 Å². The molecule has 0 fully saturated rings. The molecule has 0 bridgehead atoms. The van der Waals surface area contributed by atoms with Gasteiger partial charge >= 0.3 is 0 Å². The maximum absolute atomic E-state index is 13.3. The maximum atomic E-state index is 13.3. The molecule has 0 saturated carbocycles. The van der Waals surface area contributed by atoms with Gasteiger partial charge in [0.2, 0.25) is 11.9 Å². The Bertz CT molecular complexity index is 795. The average molecular weight is 392 g/mol. The highest BCUT2D eigenvalue weighted by Gasteiger charge is 2.17. The van der Waals surface area contributed by atoms with Crippen LogP contribution in [-0.2, 0) is 0 Å². The standard InChI is InChI=1S/C20H26F2N4O2/c1-12(2)6-5-7-13(3)23-20(27)19-15(28-4)8-9-18(26-19)24-14-10-16(21)25-17(22)11-14/h8-13H,5-7H2,1-4H3,(H,23,27)(H,24,25,26). The number of hydrogen-bond acceptors (Lipinski definition) is 5. The average Bonchev–Trinajstić information content (AvgIpc) is 2.60. The lowest BCUT2D eigenvalue weighted by Crippen LogP contribution is -2.33. The van der Waals surface area contributed by atoms with Crippen molar-refractivity contribution in [1.82, 2.24) is 15.3 Å². The molecule has 6 nitrogen and oxygen atoms in total. The lowest BCUT2D eigenvalue weighted by atomic mass is 10.0. The fourth-order valence-corrected chi connectivity index (χ4v) is 2.72. The van der Waals surface area contributed by atoms with Crippen molar-refractivity contribution >= 4 is 17.4 Å². The normalized spacial score (nSPS) is 12.0. The number of aromatic nitrogens is 2. The number of methoxy groups -OCH3 is 1. The van der Waals surface area contributed by atoms with E-state index in [4.69, 9.17) is 4.74 Å². The highest BCUT2D eigenvalue weighted by molar-refractivity contribution is 5.95. The van der Waals surface area contributed by atoms with Crippen LogP contribution in [0.2, 0.25) is 0 Å². The minimum Gasteiger partial charge on any atom is -0.494 e. The highest BCUT2D eigenvalue weighted by atomic mass is 19.1. The molecule has 2 aromatic heterocycles. The van der Waals surface area contributed by atoms with Gasteiger partial charge in [0.1, 0.15) is 11.6 Å². The summed E-state index contributed by atoms with van der Waals surface area (Å²) in [6.07, 6.45) is 2.98. The number of anilines is 2. The van der Waals surface area contributed by atoms with Crippen LogP contribution < -0.4 is 15.4 Å². The first-order valence-electron chi connectivity index (χ1n) is 9.24. The Morgan fingerprint density at radius 1 is 1.11 bits per heavy atom. The van der Waals surface area contributed by atoms with Gasteiger partial charge in [-0.15, -0.1) is 0 Å². The smallest absolute Gasteiger partial charge is 0.274 e. The van der Waals surface area contributed by atoms with Crippen molar-refractivity contribution in [1.29, 1.82) is 0 Å². The second-order valence-corrected chi connectivity index (χ2v) is 7.07. The van der Waals surface area contributed by atoms with Gasteiger partial charge in [0.15, 0.2) is 5.69 Å². The first kappa shape index (κ1) is 21.5. The Labute approximate surface area is 163 Å². The number of hydrogen-bond donors (Lipinski definition) is 2. The van der Waals surface area contributed by atoms with E-state index < -0.39 is 11.9 Å². The number of nitrogens with one attached hydrogen (secondary N) is 2. The largest absolute Gasteiger partial charge is 0.494 e. The van der Waals surface area contributed by atoms with E-state index in [1.165, 1.54) is 7.11 Å². The van der Waals surface area contributed by atoms with E-state index in [-0.39, 0.29) is 29.1 Å². The second kappa shape index (κ2) is 9.96. The molecule has 1 atom stereocenters. The van der Waals surface area contributed by atoms with Crippen LogP contribution >= 0.6 is 0 Å². The van der Waals surface area contributed by atoms with Crippen LogP contribution in [-0.4, -0.2) is 29.0 Å². The fraction of sp³-hybridized carbons (Fsp3) is 0.450. The Kier molecular flexibility index (Phi) is 7.66. The number of pyridine rings is 2. The van der Waals surface area contributed by atoms with Gasteiger partial charge in [-0.05, 0) is 31.4 Å². The first-order valence-corrected chi connectivity index (χ1v) is 9.24. The van der Waals surface area contributed by atoms with E-state index in [0.29, 0.717) is 11.7 Å². The number of nitrogens with zero attached hydrogens (tertiary/aromatic N) is 2. The number of rotatable bonds is 9. The summed E-state index contributed by atoms with van der Waals surface area (Å²) < 4.78 is 31.7. The molecule has 0 aliphatic heterocycles. The quantitative estimate of drug-likeness (QED) is 0.617. The van der Waals surface area contributed by atoms with Crippen molar-refractivity contribution in [2.24, 2.45) is 5.92 Å². The number of ether oxygens (including phenoxy) is 1. The van der Waals surface area contributed by atoms with E-state index in [1.807, 2.05) is 6.92 Å². The molecule has 2 heterocycles. The van der Waals surface area contributed by atoms with Gasteiger partial charge in [0.25, 0.3) is 5.91 Å². The van der Waals surface area contributed by atoms with Crippen molar-refractivity contribution < 1.29 is 18.3 Å². The molecule has 1 unspecified atom stereocenters. The third kappa shape index (κ3) is 6.44. The molecule has 0 aromatic carbocycles. The predicted octanol–water partition coefficient (Wildman–Crippen LogP) is 4.45. The van der Waals surface area contributed by atoms with Gasteiger partial charge in [-0.3, -0.25) is 4.79 Å². The third-order valence-corrected chi connectivity index (χ3v) is 4.12. The molecular weight excluding hydrogens is 366 g/mol. The summed E-state index contributed by atoms with van der Waals surface area (Å²) in [4.78, 5) is 19.9. The molecule has 0 radical (unpaired) electrons. The SMILES string of the molecule is COc1ccc(Nc2cc(F)nc(F)c2)nc1C(=O)NC(C)CCCC(C)C. The van der Waals surface area contributed by atoms with E-state index in [2.05, 4.69) is 34.4 Å². The zero-order valence-electron chi connectivity index (χ0n) is 16.6. The van der Waals surface area contributed by atoms with E-state index in [0.717, 1.165) is 31.4 Å². The minimum atomic E-state index is -0.954. The van der Waals surface area contributed by atoms with E-state index in [1.54, 1.807) is 12.1 Å². The monoisotopic (exact) mass is 392 g/mol. The summed E-state index contributed by atoms with van der Waals surface area (Å²) in [7, 11) is 1.45. The van der Waals surface area contributed by atoms with Crippen molar-refractivity contribution in [3.63, 3.8) is 0 Å². The molecular formula is C20H26F2N4O2. The Morgan fingerprint density at radius 3 is 2.39 bits per heavy atom. The molecule has 8 heteroatoms. The summed E-state index contributed by atoms with van der Waals surface area (Å²) in [5, 5.41) is 5.68. The van der Waals surface area contributed by atoms with Gasteiger partial charge in [-0.1, -0.05) is 26.7 Å². The molecule has 0 spiro atoms. The van der Waals surface area contributed by atoms with Gasteiger partial charge in [0, 0.05) is 23.9 Å². The molecule has 2 N–H and O–H groups in total. The zero-order chi connectivity index (χ0) is 20.7. The van der Waals surface area contributed by atoms with Crippen molar-refractivity contribution in [2.75, 3.05) is 12.4 Å². The number of carbonyl (C=O) groups excluding carboxylic acids is 1. The van der Waals surface area contributed by atoms with E-state index in [9.17, 15) is 13.6 Å². The Balaban J connectivity index is 2.11. The molecule has 2 aromatic rings. The first-order chi connectivity index (χ1) is 13.3. The van der Waals surface area contributed by atoms with E-state index >= 15 is 0 Å². The van der Waals surface area contributed by atoms with Crippen LogP contribution in [0.4, 0.5) is 20.3 Å². The minimum absolute atomic E-state index is 0.0160. The summed E-state index contributed by atoms with van der Waals surface area (Å²) in [5.41, 5.74) is 0.231. The summed E-state index contributed by atoms with van der Waals surface area (Å²) in [6, 6.07) is 5.18. The van der Waals surface area contributed by atoms with Crippen molar-refractivity contribution in [3.8, 4) is 5.75 Å². The zero-order valence-corrected chi connectivity index (χ0v) is 16.6. The van der Waals surface area contributed by atoms with Crippen LogP contribution in [0, 0.1) is 17.8 Å². The molecule has 0 aliphatic rings. The number of halogens is 2. The van der Waals surface area contributed by atoms with Crippen molar-refractivity contribution in [2.45, 2.75) is 46.1 Å². The van der Waals surface area contributed by atoms with Crippen molar-refractivity contribution in [3.05, 3.63) is 41.9 Å². The Morgan fingerprint density at radius 2 is 1.79 bits per heavy atom. The van der Waals surface area contributed by atoms with Crippen LogP contribution in [0.3, 0.4) is 0 Å². The maximum Gasteiger partial charge on any atom is 0.274 e. The molecule has 28 heavy (non-hydrogen) atoms. The van der Waals surface area contributed by atoms with Gasteiger partial charge in [0.05, 0.1) is 7.11 Å². The van der Waals surface area contributed by atoms with Crippen LogP contribution in [0.5, 0.6) is 5.75 Å². The van der Waals surface area contributed by atoms with Crippen LogP contribution in [0.1, 0.15) is 50.5 Å². The Hall–Kier alpha value is -2.77. The number of carbonyl (C=O) groups is 1. The summed E-state index contributed by atoms with van der Waals surface area (Å²) in [6.45, 7) is 6.27. The predicted molar refractivity (Wildman–Crippen MR) is 104 cm³/mol.